The molecule has 3 rings (SSSR count). The number of anilines is 1. The van der Waals surface area contributed by atoms with E-state index in [1.165, 1.54) is 36.2 Å². The number of carbonyl (C=O) groups is 2. The summed E-state index contributed by atoms with van der Waals surface area (Å²) in [6.45, 7) is 6.29. The summed E-state index contributed by atoms with van der Waals surface area (Å²) in [5.41, 5.74) is 0.382. The number of carbonyl (C=O) groups excluding carboxylic acids is 2. The van der Waals surface area contributed by atoms with Gasteiger partial charge in [0.1, 0.15) is 11.6 Å². The number of benzene rings is 1. The fraction of sp³-hybridized carbons (Fsp3) is 0.261. The lowest BCUT2D eigenvalue weighted by Gasteiger charge is -2.11. The highest BCUT2D eigenvalue weighted by molar-refractivity contribution is 7.99. The van der Waals surface area contributed by atoms with Crippen LogP contribution in [0.4, 0.5) is 5.13 Å². The second kappa shape index (κ2) is 12.0. The van der Waals surface area contributed by atoms with Gasteiger partial charge in [0.2, 0.25) is 16.0 Å². The minimum atomic E-state index is -0.672. The Balaban J connectivity index is 1.74. The highest BCUT2D eigenvalue weighted by Crippen LogP contribution is 2.30. The topological polar surface area (TPSA) is 127 Å². The van der Waals surface area contributed by atoms with Gasteiger partial charge in [-0.2, -0.15) is 14.6 Å². The van der Waals surface area contributed by atoms with Crippen LogP contribution in [0.2, 0.25) is 0 Å². The van der Waals surface area contributed by atoms with Crippen molar-refractivity contribution < 1.29 is 23.5 Å². The van der Waals surface area contributed by atoms with Crippen molar-refractivity contribution in [1.29, 1.82) is 5.26 Å². The first-order chi connectivity index (χ1) is 16.4. The van der Waals surface area contributed by atoms with Gasteiger partial charge in [0, 0.05) is 17.3 Å². The van der Waals surface area contributed by atoms with E-state index >= 15 is 0 Å². The smallest absolute Gasteiger partial charge is 0.379 e. The van der Waals surface area contributed by atoms with Crippen LogP contribution < -0.4 is 14.8 Å². The van der Waals surface area contributed by atoms with Crippen LogP contribution in [0.3, 0.4) is 0 Å². The molecule has 2 heterocycles. The predicted molar refractivity (Wildman–Crippen MR) is 129 cm³/mol. The summed E-state index contributed by atoms with van der Waals surface area (Å²) in [5.74, 6) is 0.592. The first-order valence-corrected chi connectivity index (χ1v) is 12.1. The van der Waals surface area contributed by atoms with E-state index in [1.807, 2.05) is 6.07 Å². The second-order valence-electron chi connectivity index (χ2n) is 7.22. The van der Waals surface area contributed by atoms with Gasteiger partial charge >= 0.3 is 5.97 Å². The number of nitriles is 1. The van der Waals surface area contributed by atoms with Gasteiger partial charge in [0.25, 0.3) is 5.91 Å². The molecule has 1 amide bonds. The van der Waals surface area contributed by atoms with Gasteiger partial charge in [-0.15, -0.1) is 0 Å². The third kappa shape index (κ3) is 6.94. The Labute approximate surface area is 205 Å². The maximum absolute atomic E-state index is 12.6. The summed E-state index contributed by atoms with van der Waals surface area (Å²) in [4.78, 5) is 29.1. The number of rotatable bonds is 10. The zero-order valence-electron chi connectivity index (χ0n) is 18.7. The van der Waals surface area contributed by atoms with Crippen molar-refractivity contribution in [3.05, 3.63) is 53.5 Å². The number of nitrogens with one attached hydrogen (secondary N) is 1. The number of hydrogen-bond acceptors (Lipinski definition) is 10. The van der Waals surface area contributed by atoms with Crippen LogP contribution in [0, 0.1) is 17.2 Å². The molecule has 0 spiro atoms. The molecule has 176 valence electrons. The zero-order valence-corrected chi connectivity index (χ0v) is 20.4. The highest BCUT2D eigenvalue weighted by Gasteiger charge is 2.17. The number of thioether (sulfide) groups is 1. The Morgan fingerprint density at radius 2 is 2.15 bits per heavy atom. The van der Waals surface area contributed by atoms with Crippen molar-refractivity contribution in [2.24, 2.45) is 5.92 Å². The van der Waals surface area contributed by atoms with Crippen LogP contribution in [0.1, 0.15) is 36.9 Å². The van der Waals surface area contributed by atoms with Crippen LogP contribution in [0.15, 0.2) is 51.7 Å². The number of esters is 1. The SMILES string of the molecule is CCOc1cc(/C=C(/C#N)C(=O)Nc2nc(SCC(C)C)ns2)ccc1OC(=O)c1ccco1. The summed E-state index contributed by atoms with van der Waals surface area (Å²) < 4.78 is 20.2. The van der Waals surface area contributed by atoms with E-state index in [2.05, 4.69) is 28.5 Å². The number of nitrogens with zero attached hydrogens (tertiary/aromatic N) is 3. The van der Waals surface area contributed by atoms with Gasteiger partial charge in [0.05, 0.1) is 12.9 Å². The van der Waals surface area contributed by atoms with E-state index in [1.54, 1.807) is 25.1 Å². The molecule has 11 heteroatoms. The summed E-state index contributed by atoms with van der Waals surface area (Å²) in [6.07, 6.45) is 2.78. The fourth-order valence-electron chi connectivity index (χ4n) is 2.55. The van der Waals surface area contributed by atoms with Crippen molar-refractivity contribution in [3.63, 3.8) is 0 Å². The molecular weight excluding hydrogens is 476 g/mol. The standard InChI is InChI=1S/C23H22N4O5S2/c1-4-30-19-11-15(7-8-17(19)32-21(29)18-6-5-9-31-18)10-16(12-24)20(28)25-22-26-23(27-34-22)33-13-14(2)3/h5-11,14H,4,13H2,1-3H3,(H,25,26,27,28)/b16-10-. The van der Waals surface area contributed by atoms with Crippen LogP contribution in [-0.2, 0) is 4.79 Å². The molecule has 2 aromatic heterocycles. The number of aromatic nitrogens is 2. The van der Waals surface area contributed by atoms with Crippen LogP contribution >= 0.6 is 23.3 Å². The van der Waals surface area contributed by atoms with Gasteiger partial charge in [0.15, 0.2) is 11.5 Å². The molecule has 3 aromatic rings. The quantitative estimate of drug-likeness (QED) is 0.134. The molecule has 0 bridgehead atoms. The third-order valence-corrected chi connectivity index (χ3v) is 6.06. The van der Waals surface area contributed by atoms with Crippen molar-refractivity contribution in [3.8, 4) is 17.6 Å². The molecule has 0 aliphatic heterocycles. The molecule has 0 saturated carbocycles. The van der Waals surface area contributed by atoms with E-state index in [0.29, 0.717) is 28.4 Å². The lowest BCUT2D eigenvalue weighted by atomic mass is 10.1. The molecule has 34 heavy (non-hydrogen) atoms. The van der Waals surface area contributed by atoms with Crippen molar-refractivity contribution in [1.82, 2.24) is 9.36 Å². The monoisotopic (exact) mass is 498 g/mol. The molecule has 1 N–H and O–H groups in total. The number of furan rings is 1. The van der Waals surface area contributed by atoms with E-state index in [9.17, 15) is 14.9 Å². The first-order valence-electron chi connectivity index (χ1n) is 10.3. The number of ether oxygens (including phenoxy) is 2. The molecule has 0 saturated heterocycles. The molecule has 0 aliphatic rings. The average Bonchev–Trinajstić information content (AvgIpc) is 3.50. The Morgan fingerprint density at radius 3 is 2.82 bits per heavy atom. The van der Waals surface area contributed by atoms with Gasteiger partial charge in [-0.1, -0.05) is 31.7 Å². The molecule has 9 nitrogen and oxygen atoms in total. The Hall–Kier alpha value is -3.62. The molecular formula is C23H22N4O5S2. The maximum Gasteiger partial charge on any atom is 0.379 e. The van der Waals surface area contributed by atoms with Crippen LogP contribution in [0.5, 0.6) is 11.5 Å². The second-order valence-corrected chi connectivity index (χ2v) is 8.96. The Kier molecular flexibility index (Phi) is 8.84. The van der Waals surface area contributed by atoms with Crippen LogP contribution in [0.25, 0.3) is 6.08 Å². The molecule has 0 radical (unpaired) electrons. The summed E-state index contributed by atoms with van der Waals surface area (Å²) >= 11 is 2.56. The summed E-state index contributed by atoms with van der Waals surface area (Å²) in [6, 6.07) is 9.66. The Bertz CT molecular complexity index is 1210. The molecule has 0 aliphatic carbocycles. The zero-order chi connectivity index (χ0) is 24.5. The molecule has 0 fully saturated rings. The minimum Gasteiger partial charge on any atom is -0.490 e. The third-order valence-electron chi connectivity index (χ3n) is 4.04. The largest absolute Gasteiger partial charge is 0.490 e. The van der Waals surface area contributed by atoms with Gasteiger partial charge in [-0.05, 0) is 48.7 Å². The lowest BCUT2D eigenvalue weighted by Crippen LogP contribution is -2.13. The van der Waals surface area contributed by atoms with Crippen molar-refractivity contribution in [2.45, 2.75) is 25.9 Å². The van der Waals surface area contributed by atoms with E-state index in [0.717, 1.165) is 17.3 Å². The predicted octanol–water partition coefficient (Wildman–Crippen LogP) is 5.04. The Morgan fingerprint density at radius 1 is 1.32 bits per heavy atom. The average molecular weight is 499 g/mol. The van der Waals surface area contributed by atoms with Crippen LogP contribution in [-0.4, -0.2) is 33.6 Å². The normalized spacial score (nSPS) is 11.2. The highest BCUT2D eigenvalue weighted by atomic mass is 32.2. The summed E-state index contributed by atoms with van der Waals surface area (Å²) in [5, 5.41) is 13.0. The van der Waals surface area contributed by atoms with Crippen molar-refractivity contribution >= 4 is 46.4 Å². The summed E-state index contributed by atoms with van der Waals surface area (Å²) in [7, 11) is 0. The minimum absolute atomic E-state index is 0.0531. The van der Waals surface area contributed by atoms with Gasteiger partial charge in [-0.25, -0.2) is 4.79 Å². The fourth-order valence-corrected chi connectivity index (χ4v) is 4.04. The lowest BCUT2D eigenvalue weighted by molar-refractivity contribution is -0.112. The molecule has 1 aromatic carbocycles. The van der Waals surface area contributed by atoms with Crippen molar-refractivity contribution in [2.75, 3.05) is 17.7 Å². The van der Waals surface area contributed by atoms with Gasteiger partial charge in [-0.3, -0.25) is 10.1 Å². The number of hydrogen-bond donors (Lipinski definition) is 1. The first kappa shape index (κ1) is 25.0. The molecule has 0 atom stereocenters. The van der Waals surface area contributed by atoms with E-state index in [4.69, 9.17) is 13.9 Å². The van der Waals surface area contributed by atoms with E-state index < -0.39 is 11.9 Å². The van der Waals surface area contributed by atoms with Gasteiger partial charge < -0.3 is 13.9 Å². The maximum atomic E-state index is 12.6. The number of amides is 1. The molecule has 0 unspecified atom stereocenters. The van der Waals surface area contributed by atoms with E-state index in [-0.39, 0.29) is 22.8 Å².